The number of para-hydroxylation sites is 2. The molecule has 0 unspecified atom stereocenters. The molecule has 1 amide bonds. The number of carbonyl (C=O) groups excluding carboxylic acids is 1. The number of carbonyl (C=O) groups is 1. The van der Waals surface area contributed by atoms with Crippen LogP contribution >= 0.6 is 0 Å². The summed E-state index contributed by atoms with van der Waals surface area (Å²) in [5.41, 5.74) is 3.35. The number of rotatable bonds is 3. The molecule has 5 rings (SSSR count). The summed E-state index contributed by atoms with van der Waals surface area (Å²) in [7, 11) is 0. The summed E-state index contributed by atoms with van der Waals surface area (Å²) in [4.78, 5) is 25.1. The summed E-state index contributed by atoms with van der Waals surface area (Å²) < 4.78 is 0. The predicted molar refractivity (Wildman–Crippen MR) is 102 cm³/mol. The molecule has 5 heteroatoms. The standard InChI is InChI=1S/C21H22N4O/c26-20(17-14-16(17)15-6-2-1-3-7-15)24-10-12-25(13-11-24)21-22-18-8-4-5-9-19(18)23-21/h1-9,16-17H,10-14H2,(H,22,23)/t16-,17+/m1/s1. The zero-order valence-electron chi connectivity index (χ0n) is 14.6. The smallest absolute Gasteiger partial charge is 0.226 e. The van der Waals surface area contributed by atoms with Gasteiger partial charge in [-0.2, -0.15) is 0 Å². The average molecular weight is 346 g/mol. The Morgan fingerprint density at radius 3 is 2.46 bits per heavy atom. The van der Waals surface area contributed by atoms with Crippen LogP contribution in [-0.2, 0) is 4.79 Å². The monoisotopic (exact) mass is 346 g/mol. The van der Waals surface area contributed by atoms with E-state index in [0.717, 1.165) is 49.6 Å². The molecule has 26 heavy (non-hydrogen) atoms. The quantitative estimate of drug-likeness (QED) is 0.793. The zero-order chi connectivity index (χ0) is 17.5. The van der Waals surface area contributed by atoms with E-state index in [9.17, 15) is 4.79 Å². The van der Waals surface area contributed by atoms with Crippen molar-refractivity contribution in [2.45, 2.75) is 12.3 Å². The van der Waals surface area contributed by atoms with Gasteiger partial charge in [-0.1, -0.05) is 42.5 Å². The Kier molecular flexibility index (Phi) is 3.66. The highest BCUT2D eigenvalue weighted by Gasteiger charge is 2.46. The number of imidazole rings is 1. The number of fused-ring (bicyclic) bond motifs is 1. The molecule has 5 nitrogen and oxygen atoms in total. The first-order chi connectivity index (χ1) is 12.8. The van der Waals surface area contributed by atoms with Gasteiger partial charge >= 0.3 is 0 Å². The molecular formula is C21H22N4O. The van der Waals surface area contributed by atoms with Crippen molar-refractivity contribution >= 4 is 22.9 Å². The van der Waals surface area contributed by atoms with Gasteiger partial charge in [0, 0.05) is 32.1 Å². The number of amides is 1. The lowest BCUT2D eigenvalue weighted by molar-refractivity contribution is -0.133. The van der Waals surface area contributed by atoms with Gasteiger partial charge in [-0.15, -0.1) is 0 Å². The maximum Gasteiger partial charge on any atom is 0.226 e. The number of aromatic amines is 1. The molecule has 1 N–H and O–H groups in total. The fourth-order valence-corrected chi connectivity index (χ4v) is 4.00. The van der Waals surface area contributed by atoms with E-state index >= 15 is 0 Å². The first-order valence-corrected chi connectivity index (χ1v) is 9.33. The van der Waals surface area contributed by atoms with Crippen molar-refractivity contribution in [3.8, 4) is 0 Å². The van der Waals surface area contributed by atoms with Crippen molar-refractivity contribution < 1.29 is 4.79 Å². The van der Waals surface area contributed by atoms with E-state index in [-0.39, 0.29) is 5.92 Å². The minimum atomic E-state index is 0.176. The minimum Gasteiger partial charge on any atom is -0.339 e. The molecule has 2 aromatic carbocycles. The van der Waals surface area contributed by atoms with E-state index in [1.165, 1.54) is 5.56 Å². The first-order valence-electron chi connectivity index (χ1n) is 9.33. The molecule has 3 aromatic rings. The van der Waals surface area contributed by atoms with Gasteiger partial charge in [0.2, 0.25) is 11.9 Å². The number of anilines is 1. The SMILES string of the molecule is O=C([C@H]1C[C@@H]1c1ccccc1)N1CCN(c2nc3ccccc3[nH]2)CC1. The minimum absolute atomic E-state index is 0.176. The van der Waals surface area contributed by atoms with Crippen molar-refractivity contribution in [1.29, 1.82) is 0 Å². The maximum absolute atomic E-state index is 12.8. The van der Waals surface area contributed by atoms with Crippen molar-refractivity contribution in [3.63, 3.8) is 0 Å². The Balaban J connectivity index is 1.21. The molecule has 2 atom stereocenters. The molecule has 1 aliphatic heterocycles. The summed E-state index contributed by atoms with van der Waals surface area (Å²) in [5, 5.41) is 0. The van der Waals surface area contributed by atoms with Gasteiger partial charge in [0.1, 0.15) is 0 Å². The topological polar surface area (TPSA) is 52.2 Å². The van der Waals surface area contributed by atoms with E-state index in [2.05, 4.69) is 39.1 Å². The van der Waals surface area contributed by atoms with Crippen LogP contribution in [0.4, 0.5) is 5.95 Å². The molecule has 1 aromatic heterocycles. The largest absolute Gasteiger partial charge is 0.339 e. The number of nitrogens with one attached hydrogen (secondary N) is 1. The second-order valence-electron chi connectivity index (χ2n) is 7.25. The second-order valence-corrected chi connectivity index (χ2v) is 7.25. The van der Waals surface area contributed by atoms with E-state index < -0.39 is 0 Å². The van der Waals surface area contributed by atoms with Crippen molar-refractivity contribution in [2.24, 2.45) is 5.92 Å². The first kappa shape index (κ1) is 15.4. The fraction of sp³-hybridized carbons (Fsp3) is 0.333. The van der Waals surface area contributed by atoms with E-state index in [0.29, 0.717) is 11.8 Å². The van der Waals surface area contributed by atoms with Gasteiger partial charge in [0.05, 0.1) is 11.0 Å². The lowest BCUT2D eigenvalue weighted by atomic mass is 10.1. The lowest BCUT2D eigenvalue weighted by Gasteiger charge is -2.34. The van der Waals surface area contributed by atoms with Gasteiger partial charge in [0.25, 0.3) is 0 Å². The molecule has 132 valence electrons. The summed E-state index contributed by atoms with van der Waals surface area (Å²) in [6.07, 6.45) is 0.993. The van der Waals surface area contributed by atoms with E-state index in [1.54, 1.807) is 0 Å². The average Bonchev–Trinajstić information content (AvgIpc) is 3.39. The molecule has 1 saturated carbocycles. The van der Waals surface area contributed by atoms with Crippen molar-refractivity contribution in [1.82, 2.24) is 14.9 Å². The van der Waals surface area contributed by atoms with Gasteiger partial charge in [0.15, 0.2) is 0 Å². The van der Waals surface area contributed by atoms with Gasteiger partial charge in [-0.25, -0.2) is 4.98 Å². The van der Waals surface area contributed by atoms with E-state index in [1.807, 2.05) is 35.2 Å². The predicted octanol–water partition coefficient (Wildman–Crippen LogP) is 3.02. The molecule has 2 heterocycles. The molecule has 0 spiro atoms. The molecule has 0 radical (unpaired) electrons. The lowest BCUT2D eigenvalue weighted by Crippen LogP contribution is -2.49. The molecule has 1 aliphatic carbocycles. The van der Waals surface area contributed by atoms with Crippen molar-refractivity contribution in [2.75, 3.05) is 31.1 Å². The molecular weight excluding hydrogens is 324 g/mol. The van der Waals surface area contributed by atoms with E-state index in [4.69, 9.17) is 0 Å². The van der Waals surface area contributed by atoms with Crippen LogP contribution in [0.15, 0.2) is 54.6 Å². The maximum atomic E-state index is 12.8. The highest BCUT2D eigenvalue weighted by atomic mass is 16.2. The molecule has 2 aliphatic rings. The Hall–Kier alpha value is -2.82. The summed E-state index contributed by atoms with van der Waals surface area (Å²) >= 11 is 0. The highest BCUT2D eigenvalue weighted by Crippen LogP contribution is 2.48. The normalized spacial score (nSPS) is 22.6. The van der Waals surface area contributed by atoms with Crippen molar-refractivity contribution in [3.05, 3.63) is 60.2 Å². The third-order valence-corrected chi connectivity index (χ3v) is 5.60. The third kappa shape index (κ3) is 2.73. The number of benzene rings is 2. The number of hydrogen-bond acceptors (Lipinski definition) is 3. The molecule has 1 saturated heterocycles. The van der Waals surface area contributed by atoms with Crippen LogP contribution in [0, 0.1) is 5.92 Å². The van der Waals surface area contributed by atoms with Gasteiger partial charge < -0.3 is 14.8 Å². The Labute approximate surface area is 152 Å². The number of piperazine rings is 1. The molecule has 0 bridgehead atoms. The van der Waals surface area contributed by atoms with Gasteiger partial charge in [-0.05, 0) is 30.0 Å². The van der Waals surface area contributed by atoms with Crippen LogP contribution < -0.4 is 4.90 Å². The Morgan fingerprint density at radius 2 is 1.69 bits per heavy atom. The van der Waals surface area contributed by atoms with Crippen LogP contribution in [0.3, 0.4) is 0 Å². The van der Waals surface area contributed by atoms with Crippen LogP contribution in [0.5, 0.6) is 0 Å². The van der Waals surface area contributed by atoms with Gasteiger partial charge in [-0.3, -0.25) is 4.79 Å². The number of aromatic nitrogens is 2. The van der Waals surface area contributed by atoms with Crippen LogP contribution in [0.2, 0.25) is 0 Å². The number of hydrogen-bond donors (Lipinski definition) is 1. The highest BCUT2D eigenvalue weighted by molar-refractivity contribution is 5.83. The van der Waals surface area contributed by atoms with Crippen LogP contribution in [0.1, 0.15) is 17.9 Å². The Morgan fingerprint density at radius 1 is 0.962 bits per heavy atom. The number of H-pyrrole nitrogens is 1. The fourth-order valence-electron chi connectivity index (χ4n) is 4.00. The summed E-state index contributed by atoms with van der Waals surface area (Å²) in [6.45, 7) is 3.20. The molecule has 2 fully saturated rings. The Bertz CT molecular complexity index is 894. The van der Waals surface area contributed by atoms with Crippen LogP contribution in [0.25, 0.3) is 11.0 Å². The second kappa shape index (κ2) is 6.16. The summed E-state index contributed by atoms with van der Waals surface area (Å²) in [5.74, 6) is 1.82. The number of nitrogens with zero attached hydrogens (tertiary/aromatic N) is 3. The third-order valence-electron chi connectivity index (χ3n) is 5.60. The van der Waals surface area contributed by atoms with Crippen LogP contribution in [-0.4, -0.2) is 47.0 Å². The summed E-state index contributed by atoms with van der Waals surface area (Å²) in [6, 6.07) is 18.5. The zero-order valence-corrected chi connectivity index (χ0v) is 14.6.